The molecule has 14 heavy (non-hydrogen) atoms. The molecular formula is C11H14O3. The summed E-state index contributed by atoms with van der Waals surface area (Å²) in [6.45, 7) is 0. The highest BCUT2D eigenvalue weighted by molar-refractivity contribution is 5.18. The van der Waals surface area contributed by atoms with Gasteiger partial charge in [-0.3, -0.25) is 0 Å². The van der Waals surface area contributed by atoms with Crippen molar-refractivity contribution in [2.75, 3.05) is 0 Å². The Morgan fingerprint density at radius 2 is 1.79 bits per heavy atom. The first-order valence-electron chi connectivity index (χ1n) is 4.82. The van der Waals surface area contributed by atoms with Gasteiger partial charge in [-0.2, -0.15) is 0 Å². The van der Waals surface area contributed by atoms with E-state index in [1.807, 2.05) is 30.3 Å². The van der Waals surface area contributed by atoms with Crippen LogP contribution in [0.4, 0.5) is 0 Å². The van der Waals surface area contributed by atoms with E-state index in [-0.39, 0.29) is 6.10 Å². The molecule has 0 spiro atoms. The van der Waals surface area contributed by atoms with Crippen LogP contribution in [0.25, 0.3) is 0 Å². The standard InChI is InChI=1S/C11H14O3/c12-9-6-10(14-11(13)7-9)8-4-2-1-3-5-8/h1-5,9-13H,6-7H2/t9-,10-,11+/m0/s1. The maximum atomic E-state index is 9.47. The van der Waals surface area contributed by atoms with E-state index in [1.54, 1.807) is 0 Å². The lowest BCUT2D eigenvalue weighted by atomic mass is 9.99. The summed E-state index contributed by atoms with van der Waals surface area (Å²) in [7, 11) is 0. The van der Waals surface area contributed by atoms with E-state index < -0.39 is 12.4 Å². The van der Waals surface area contributed by atoms with Crippen molar-refractivity contribution in [2.24, 2.45) is 0 Å². The number of benzene rings is 1. The predicted octanol–water partition coefficient (Wildman–Crippen LogP) is 1.22. The molecule has 3 heteroatoms. The van der Waals surface area contributed by atoms with Gasteiger partial charge in [0.15, 0.2) is 6.29 Å². The van der Waals surface area contributed by atoms with Crippen LogP contribution in [0.2, 0.25) is 0 Å². The maximum absolute atomic E-state index is 9.47. The third-order valence-corrected chi connectivity index (χ3v) is 2.45. The van der Waals surface area contributed by atoms with Crippen LogP contribution in [0.3, 0.4) is 0 Å². The van der Waals surface area contributed by atoms with Crippen molar-refractivity contribution >= 4 is 0 Å². The number of hydrogen-bond donors (Lipinski definition) is 2. The SMILES string of the molecule is O[C@H]1C[C@@H](c2ccccc2)O[C@@H](O)C1. The van der Waals surface area contributed by atoms with E-state index in [9.17, 15) is 10.2 Å². The van der Waals surface area contributed by atoms with Gasteiger partial charge in [0.1, 0.15) is 0 Å². The van der Waals surface area contributed by atoms with E-state index in [2.05, 4.69) is 0 Å². The van der Waals surface area contributed by atoms with Gasteiger partial charge in [0.2, 0.25) is 0 Å². The third-order valence-electron chi connectivity index (χ3n) is 2.45. The summed E-state index contributed by atoms with van der Waals surface area (Å²) in [5.41, 5.74) is 1.00. The Labute approximate surface area is 83.0 Å². The zero-order chi connectivity index (χ0) is 9.97. The molecular weight excluding hydrogens is 180 g/mol. The zero-order valence-electron chi connectivity index (χ0n) is 7.84. The molecule has 0 amide bonds. The molecule has 0 radical (unpaired) electrons. The van der Waals surface area contributed by atoms with Gasteiger partial charge in [-0.15, -0.1) is 0 Å². The second-order valence-corrected chi connectivity index (χ2v) is 3.62. The highest BCUT2D eigenvalue weighted by Gasteiger charge is 2.27. The Morgan fingerprint density at radius 1 is 1.07 bits per heavy atom. The molecule has 0 bridgehead atoms. The first kappa shape index (κ1) is 9.65. The van der Waals surface area contributed by atoms with Crippen LogP contribution in [-0.4, -0.2) is 22.6 Å². The summed E-state index contributed by atoms with van der Waals surface area (Å²) < 4.78 is 5.34. The molecule has 0 saturated carbocycles. The first-order valence-corrected chi connectivity index (χ1v) is 4.82. The largest absolute Gasteiger partial charge is 0.393 e. The van der Waals surface area contributed by atoms with Crippen molar-refractivity contribution in [3.05, 3.63) is 35.9 Å². The van der Waals surface area contributed by atoms with Crippen molar-refractivity contribution in [1.29, 1.82) is 0 Å². The average Bonchev–Trinajstić information content (AvgIpc) is 2.18. The molecule has 1 aliphatic heterocycles. The van der Waals surface area contributed by atoms with Crippen molar-refractivity contribution in [3.8, 4) is 0 Å². The molecule has 3 atom stereocenters. The van der Waals surface area contributed by atoms with Crippen LogP contribution in [0.1, 0.15) is 24.5 Å². The molecule has 1 heterocycles. The molecule has 1 aromatic carbocycles. The Morgan fingerprint density at radius 3 is 2.43 bits per heavy atom. The van der Waals surface area contributed by atoms with Crippen molar-refractivity contribution in [3.63, 3.8) is 0 Å². The Balaban J connectivity index is 2.11. The van der Waals surface area contributed by atoms with Gasteiger partial charge in [-0.1, -0.05) is 30.3 Å². The van der Waals surface area contributed by atoms with Crippen LogP contribution in [-0.2, 0) is 4.74 Å². The fraction of sp³-hybridized carbons (Fsp3) is 0.455. The van der Waals surface area contributed by atoms with Gasteiger partial charge in [0, 0.05) is 12.8 Å². The van der Waals surface area contributed by atoms with E-state index >= 15 is 0 Å². The lowest BCUT2D eigenvalue weighted by molar-refractivity contribution is -0.191. The molecule has 0 aliphatic carbocycles. The van der Waals surface area contributed by atoms with Gasteiger partial charge < -0.3 is 14.9 Å². The molecule has 1 saturated heterocycles. The number of hydrogen-bond acceptors (Lipinski definition) is 3. The minimum atomic E-state index is -0.844. The van der Waals surface area contributed by atoms with Gasteiger partial charge in [-0.25, -0.2) is 0 Å². The fourth-order valence-corrected chi connectivity index (χ4v) is 1.76. The Bertz CT molecular complexity index is 276. The molecule has 0 aromatic heterocycles. The van der Waals surface area contributed by atoms with Crippen LogP contribution >= 0.6 is 0 Å². The van der Waals surface area contributed by atoms with E-state index in [1.165, 1.54) is 0 Å². The zero-order valence-corrected chi connectivity index (χ0v) is 7.84. The van der Waals surface area contributed by atoms with Crippen molar-refractivity contribution in [2.45, 2.75) is 31.3 Å². The molecule has 2 N–H and O–H groups in total. The van der Waals surface area contributed by atoms with Crippen LogP contribution < -0.4 is 0 Å². The summed E-state index contributed by atoms with van der Waals surface area (Å²) in [5.74, 6) is 0. The van der Waals surface area contributed by atoms with Gasteiger partial charge >= 0.3 is 0 Å². The van der Waals surface area contributed by atoms with Crippen LogP contribution in [0.5, 0.6) is 0 Å². The van der Waals surface area contributed by atoms with Crippen molar-refractivity contribution in [1.82, 2.24) is 0 Å². The summed E-state index contributed by atoms with van der Waals surface area (Å²) >= 11 is 0. The quantitative estimate of drug-likeness (QED) is 0.706. The lowest BCUT2D eigenvalue weighted by Gasteiger charge is -2.30. The minimum absolute atomic E-state index is 0.185. The number of aliphatic hydroxyl groups excluding tert-OH is 2. The summed E-state index contributed by atoms with van der Waals surface area (Å²) in [4.78, 5) is 0. The highest BCUT2D eigenvalue weighted by atomic mass is 16.6. The topological polar surface area (TPSA) is 49.7 Å². The fourth-order valence-electron chi connectivity index (χ4n) is 1.76. The molecule has 3 nitrogen and oxygen atoms in total. The number of rotatable bonds is 1. The summed E-state index contributed by atoms with van der Waals surface area (Å²) in [6, 6.07) is 9.65. The highest BCUT2D eigenvalue weighted by Crippen LogP contribution is 2.30. The number of ether oxygens (including phenoxy) is 1. The molecule has 2 rings (SSSR count). The van der Waals surface area contributed by atoms with Gasteiger partial charge in [-0.05, 0) is 5.56 Å². The Kier molecular flexibility index (Phi) is 2.82. The van der Waals surface area contributed by atoms with E-state index in [4.69, 9.17) is 4.74 Å². The molecule has 1 aromatic rings. The summed E-state index contributed by atoms with van der Waals surface area (Å²) in [5, 5.41) is 18.8. The van der Waals surface area contributed by atoms with Gasteiger partial charge in [0.05, 0.1) is 12.2 Å². The lowest BCUT2D eigenvalue weighted by Crippen LogP contribution is -2.30. The maximum Gasteiger partial charge on any atom is 0.157 e. The monoisotopic (exact) mass is 194 g/mol. The normalized spacial score (nSPS) is 32.9. The second kappa shape index (κ2) is 4.09. The molecule has 1 aliphatic rings. The second-order valence-electron chi connectivity index (χ2n) is 3.62. The molecule has 0 unspecified atom stereocenters. The van der Waals surface area contributed by atoms with E-state index in [0.717, 1.165) is 5.56 Å². The number of aliphatic hydroxyl groups is 2. The van der Waals surface area contributed by atoms with Crippen LogP contribution in [0, 0.1) is 0 Å². The smallest absolute Gasteiger partial charge is 0.157 e. The third kappa shape index (κ3) is 2.12. The van der Waals surface area contributed by atoms with Gasteiger partial charge in [0.25, 0.3) is 0 Å². The van der Waals surface area contributed by atoms with E-state index in [0.29, 0.717) is 12.8 Å². The average molecular weight is 194 g/mol. The molecule has 76 valence electrons. The van der Waals surface area contributed by atoms with Crippen LogP contribution in [0.15, 0.2) is 30.3 Å². The summed E-state index contributed by atoms with van der Waals surface area (Å²) in [6.07, 6.45) is -0.632. The minimum Gasteiger partial charge on any atom is -0.393 e. The Hall–Kier alpha value is -0.900. The predicted molar refractivity (Wildman–Crippen MR) is 51.5 cm³/mol. The molecule has 1 fully saturated rings. The van der Waals surface area contributed by atoms with Crippen molar-refractivity contribution < 1.29 is 14.9 Å². The first-order chi connectivity index (χ1) is 6.75.